The van der Waals surface area contributed by atoms with E-state index in [2.05, 4.69) is 58.5 Å². The lowest BCUT2D eigenvalue weighted by Gasteiger charge is -2.32. The number of nitrogens with zero attached hydrogens (tertiary/aromatic N) is 3. The Labute approximate surface area is 155 Å². The Hall–Kier alpha value is -2.43. The zero-order chi connectivity index (χ0) is 18.5. The first-order valence-electron chi connectivity index (χ1n) is 9.45. The number of anilines is 1. The van der Waals surface area contributed by atoms with Crippen LogP contribution >= 0.6 is 0 Å². The maximum Gasteiger partial charge on any atom is 0.224 e. The lowest BCUT2D eigenvalue weighted by atomic mass is 10.0. The van der Waals surface area contributed by atoms with Gasteiger partial charge in [-0.1, -0.05) is 38.1 Å². The van der Waals surface area contributed by atoms with Crippen LogP contribution in [0.5, 0.6) is 0 Å². The molecule has 0 saturated carbocycles. The number of carbonyl (C=O) groups is 1. The molecule has 2 heterocycles. The zero-order valence-corrected chi connectivity index (χ0v) is 15.9. The molecule has 1 N–H and O–H groups in total. The summed E-state index contributed by atoms with van der Waals surface area (Å²) in [4.78, 5) is 14.6. The van der Waals surface area contributed by atoms with Crippen LogP contribution in [-0.2, 0) is 11.2 Å². The topological polar surface area (TPSA) is 58.1 Å². The van der Waals surface area contributed by atoms with Crippen molar-refractivity contribution in [3.8, 4) is 0 Å². The molecule has 138 valence electrons. The molecule has 26 heavy (non-hydrogen) atoms. The van der Waals surface area contributed by atoms with Crippen molar-refractivity contribution in [1.29, 1.82) is 0 Å². The molecule has 1 saturated heterocycles. The Morgan fingerprint density at radius 2 is 1.81 bits per heavy atom. The SMILES string of the molecule is Cc1ccc(N2CCC(NC(=O)Cc3ccc(C(C)C)cc3)CC2)nn1. The van der Waals surface area contributed by atoms with Gasteiger partial charge in [0.2, 0.25) is 5.91 Å². The van der Waals surface area contributed by atoms with E-state index in [9.17, 15) is 4.79 Å². The normalized spacial score (nSPS) is 15.3. The Morgan fingerprint density at radius 3 is 2.38 bits per heavy atom. The molecular weight excluding hydrogens is 324 g/mol. The molecule has 5 heteroatoms. The second-order valence-electron chi connectivity index (χ2n) is 7.43. The van der Waals surface area contributed by atoms with Gasteiger partial charge >= 0.3 is 0 Å². The maximum atomic E-state index is 12.3. The van der Waals surface area contributed by atoms with Crippen LogP contribution < -0.4 is 10.2 Å². The third kappa shape index (κ3) is 4.81. The minimum absolute atomic E-state index is 0.107. The highest BCUT2D eigenvalue weighted by Crippen LogP contribution is 2.18. The fourth-order valence-corrected chi connectivity index (χ4v) is 3.30. The molecule has 0 atom stereocenters. The summed E-state index contributed by atoms with van der Waals surface area (Å²) in [7, 11) is 0. The number of rotatable bonds is 5. The smallest absolute Gasteiger partial charge is 0.224 e. The molecule has 0 unspecified atom stereocenters. The van der Waals surface area contributed by atoms with Gasteiger partial charge in [0.05, 0.1) is 12.1 Å². The van der Waals surface area contributed by atoms with Crippen molar-refractivity contribution in [2.75, 3.05) is 18.0 Å². The van der Waals surface area contributed by atoms with Gasteiger partial charge in [-0.3, -0.25) is 4.79 Å². The van der Waals surface area contributed by atoms with E-state index in [-0.39, 0.29) is 11.9 Å². The summed E-state index contributed by atoms with van der Waals surface area (Å²) in [6.07, 6.45) is 2.32. The molecule has 0 spiro atoms. The number of hydrogen-bond acceptors (Lipinski definition) is 4. The molecule has 0 bridgehead atoms. The molecule has 0 radical (unpaired) electrons. The fourth-order valence-electron chi connectivity index (χ4n) is 3.30. The van der Waals surface area contributed by atoms with E-state index in [0.29, 0.717) is 12.3 Å². The molecule has 1 aromatic carbocycles. The van der Waals surface area contributed by atoms with Crippen molar-refractivity contribution in [3.63, 3.8) is 0 Å². The van der Waals surface area contributed by atoms with E-state index in [1.54, 1.807) is 0 Å². The molecule has 2 aromatic rings. The molecule has 5 nitrogen and oxygen atoms in total. The summed E-state index contributed by atoms with van der Waals surface area (Å²) in [6.45, 7) is 8.08. The van der Waals surface area contributed by atoms with Crippen molar-refractivity contribution in [1.82, 2.24) is 15.5 Å². The van der Waals surface area contributed by atoms with Crippen LogP contribution in [0.1, 0.15) is 49.4 Å². The number of aryl methyl sites for hydroxylation is 1. The first-order chi connectivity index (χ1) is 12.5. The van der Waals surface area contributed by atoms with Crippen molar-refractivity contribution in [2.45, 2.75) is 52.0 Å². The quantitative estimate of drug-likeness (QED) is 0.897. The first kappa shape index (κ1) is 18.4. The van der Waals surface area contributed by atoms with Crippen LogP contribution in [0.3, 0.4) is 0 Å². The second kappa shape index (κ2) is 8.30. The summed E-state index contributed by atoms with van der Waals surface area (Å²) in [5, 5.41) is 11.6. The van der Waals surface area contributed by atoms with Crippen molar-refractivity contribution in [3.05, 3.63) is 53.2 Å². The zero-order valence-electron chi connectivity index (χ0n) is 15.9. The van der Waals surface area contributed by atoms with Gasteiger partial charge in [-0.2, -0.15) is 5.10 Å². The Balaban J connectivity index is 1.46. The van der Waals surface area contributed by atoms with Crippen molar-refractivity contribution < 1.29 is 4.79 Å². The molecule has 3 rings (SSSR count). The Bertz CT molecular complexity index is 717. The number of benzene rings is 1. The van der Waals surface area contributed by atoms with Crippen molar-refractivity contribution in [2.24, 2.45) is 0 Å². The molecule has 1 fully saturated rings. The van der Waals surface area contributed by atoms with Gasteiger partial charge in [0.15, 0.2) is 5.82 Å². The van der Waals surface area contributed by atoms with Crippen LogP contribution in [0.25, 0.3) is 0 Å². The number of carbonyl (C=O) groups excluding carboxylic acids is 1. The lowest BCUT2D eigenvalue weighted by Crippen LogP contribution is -2.45. The molecule has 1 amide bonds. The second-order valence-corrected chi connectivity index (χ2v) is 7.43. The average molecular weight is 352 g/mol. The van der Waals surface area contributed by atoms with E-state index in [1.807, 2.05) is 19.1 Å². The number of hydrogen-bond donors (Lipinski definition) is 1. The van der Waals surface area contributed by atoms with E-state index in [4.69, 9.17) is 0 Å². The van der Waals surface area contributed by atoms with Gasteiger partial charge in [0.1, 0.15) is 0 Å². The fraction of sp³-hybridized carbons (Fsp3) is 0.476. The minimum Gasteiger partial charge on any atom is -0.355 e. The third-order valence-electron chi connectivity index (χ3n) is 4.98. The summed E-state index contributed by atoms with van der Waals surface area (Å²) in [5.41, 5.74) is 3.30. The summed E-state index contributed by atoms with van der Waals surface area (Å²) in [6, 6.07) is 12.6. The molecule has 1 aromatic heterocycles. The monoisotopic (exact) mass is 352 g/mol. The molecular formula is C21H28N4O. The van der Waals surface area contributed by atoms with Gasteiger partial charge in [0, 0.05) is 19.1 Å². The molecule has 1 aliphatic rings. The van der Waals surface area contributed by atoms with Gasteiger partial charge in [-0.25, -0.2) is 0 Å². The molecule has 0 aliphatic carbocycles. The van der Waals surface area contributed by atoms with E-state index in [1.165, 1.54) is 5.56 Å². The Morgan fingerprint density at radius 1 is 1.12 bits per heavy atom. The number of aromatic nitrogens is 2. The summed E-state index contributed by atoms with van der Waals surface area (Å²) in [5.74, 6) is 1.54. The largest absolute Gasteiger partial charge is 0.355 e. The number of amides is 1. The van der Waals surface area contributed by atoms with E-state index in [0.717, 1.165) is 43.0 Å². The highest BCUT2D eigenvalue weighted by atomic mass is 16.1. The van der Waals surface area contributed by atoms with Crippen LogP contribution in [-0.4, -0.2) is 35.2 Å². The van der Waals surface area contributed by atoms with Crippen LogP contribution in [0.15, 0.2) is 36.4 Å². The first-order valence-corrected chi connectivity index (χ1v) is 9.45. The van der Waals surface area contributed by atoms with Crippen LogP contribution in [0.4, 0.5) is 5.82 Å². The summed E-state index contributed by atoms with van der Waals surface area (Å²) < 4.78 is 0. The Kier molecular flexibility index (Phi) is 5.86. The van der Waals surface area contributed by atoms with Crippen molar-refractivity contribution >= 4 is 11.7 Å². The third-order valence-corrected chi connectivity index (χ3v) is 4.98. The number of piperidine rings is 1. The number of nitrogens with one attached hydrogen (secondary N) is 1. The lowest BCUT2D eigenvalue weighted by molar-refractivity contribution is -0.121. The standard InChI is InChI=1S/C21H28N4O/c1-15(2)18-7-5-17(6-8-18)14-21(26)22-19-10-12-25(13-11-19)20-9-4-16(3)23-24-20/h4-9,15,19H,10-14H2,1-3H3,(H,22,26). The summed E-state index contributed by atoms with van der Waals surface area (Å²) >= 11 is 0. The van der Waals surface area contributed by atoms with Gasteiger partial charge in [-0.15, -0.1) is 5.10 Å². The average Bonchev–Trinajstić information content (AvgIpc) is 2.63. The van der Waals surface area contributed by atoms with Crippen LogP contribution in [0.2, 0.25) is 0 Å². The molecule has 1 aliphatic heterocycles. The van der Waals surface area contributed by atoms with Gasteiger partial charge < -0.3 is 10.2 Å². The van der Waals surface area contributed by atoms with Gasteiger partial charge in [-0.05, 0) is 48.9 Å². The van der Waals surface area contributed by atoms with E-state index < -0.39 is 0 Å². The highest BCUT2D eigenvalue weighted by molar-refractivity contribution is 5.78. The predicted molar refractivity (Wildman–Crippen MR) is 104 cm³/mol. The minimum atomic E-state index is 0.107. The van der Waals surface area contributed by atoms with Crippen LogP contribution in [0, 0.1) is 6.92 Å². The highest BCUT2D eigenvalue weighted by Gasteiger charge is 2.21. The van der Waals surface area contributed by atoms with E-state index >= 15 is 0 Å². The maximum absolute atomic E-state index is 12.3. The predicted octanol–water partition coefficient (Wildman–Crippen LogP) is 3.24. The van der Waals surface area contributed by atoms with Gasteiger partial charge in [0.25, 0.3) is 0 Å².